The average Bonchev–Trinajstić information content (AvgIpc) is 3.45. The van der Waals surface area contributed by atoms with Crippen molar-refractivity contribution in [1.29, 1.82) is 0 Å². The number of fused-ring (bicyclic) bond motifs is 1. The van der Waals surface area contributed by atoms with Crippen LogP contribution in [0.2, 0.25) is 0 Å². The second-order valence-corrected chi connectivity index (χ2v) is 8.63. The van der Waals surface area contributed by atoms with Gasteiger partial charge in [0.05, 0.1) is 30.6 Å². The van der Waals surface area contributed by atoms with Crippen LogP contribution in [0.3, 0.4) is 0 Å². The largest absolute Gasteiger partial charge is 0.494 e. The van der Waals surface area contributed by atoms with Crippen LogP contribution in [0.15, 0.2) is 61.1 Å². The lowest BCUT2D eigenvalue weighted by Crippen LogP contribution is -2.29. The number of nitrogens with one attached hydrogen (secondary N) is 2. The SMILES string of the molecule is COc1ccc(C(NC(=O)c2ccc3cnc(Nc4cc(C)nn4C)nc3c2)c2cnn(C)c2)cc1F. The van der Waals surface area contributed by atoms with Crippen molar-refractivity contribution in [2.75, 3.05) is 12.4 Å². The van der Waals surface area contributed by atoms with E-state index in [9.17, 15) is 9.18 Å². The van der Waals surface area contributed by atoms with E-state index in [2.05, 4.69) is 30.8 Å². The van der Waals surface area contributed by atoms with Crippen LogP contribution in [0.1, 0.15) is 33.2 Å². The number of hydrogen-bond acceptors (Lipinski definition) is 7. The van der Waals surface area contributed by atoms with Crippen molar-refractivity contribution in [2.24, 2.45) is 14.1 Å². The predicted octanol–water partition coefficient (Wildman–Crippen LogP) is 3.82. The van der Waals surface area contributed by atoms with Crippen LogP contribution in [-0.4, -0.2) is 42.5 Å². The first-order chi connectivity index (χ1) is 17.8. The summed E-state index contributed by atoms with van der Waals surface area (Å²) < 4.78 is 22.9. The third-order valence-corrected chi connectivity index (χ3v) is 5.93. The van der Waals surface area contributed by atoms with Crippen molar-refractivity contribution in [3.63, 3.8) is 0 Å². The molecule has 0 fully saturated rings. The lowest BCUT2D eigenvalue weighted by Gasteiger charge is -2.19. The maximum absolute atomic E-state index is 14.5. The zero-order valence-corrected chi connectivity index (χ0v) is 20.7. The molecular weight excluding hydrogens is 475 g/mol. The molecule has 2 aromatic carbocycles. The molecule has 0 aliphatic rings. The first-order valence-corrected chi connectivity index (χ1v) is 11.5. The average molecular weight is 501 g/mol. The number of carbonyl (C=O) groups is 1. The summed E-state index contributed by atoms with van der Waals surface area (Å²) in [6.45, 7) is 1.90. The molecule has 11 heteroatoms. The van der Waals surface area contributed by atoms with Gasteiger partial charge in [0, 0.05) is 49.1 Å². The maximum atomic E-state index is 14.5. The molecule has 0 aliphatic heterocycles. The highest BCUT2D eigenvalue weighted by molar-refractivity contribution is 5.98. The van der Waals surface area contributed by atoms with Crippen LogP contribution in [0.4, 0.5) is 16.2 Å². The van der Waals surface area contributed by atoms with E-state index in [0.717, 1.165) is 16.9 Å². The van der Waals surface area contributed by atoms with Gasteiger partial charge in [0.1, 0.15) is 5.82 Å². The number of halogens is 1. The molecule has 0 saturated heterocycles. The Bertz CT molecular complexity index is 1610. The number of rotatable bonds is 7. The molecule has 5 aromatic rings. The highest BCUT2D eigenvalue weighted by Crippen LogP contribution is 2.27. The van der Waals surface area contributed by atoms with Gasteiger partial charge < -0.3 is 15.4 Å². The van der Waals surface area contributed by atoms with E-state index in [-0.39, 0.29) is 11.7 Å². The highest BCUT2D eigenvalue weighted by atomic mass is 19.1. The Labute approximate surface area is 212 Å². The highest BCUT2D eigenvalue weighted by Gasteiger charge is 2.21. The smallest absolute Gasteiger partial charge is 0.252 e. The van der Waals surface area contributed by atoms with Crippen molar-refractivity contribution in [3.05, 3.63) is 89.3 Å². The topological polar surface area (TPSA) is 112 Å². The van der Waals surface area contributed by atoms with Crippen LogP contribution < -0.4 is 15.4 Å². The normalized spacial score (nSPS) is 11.9. The van der Waals surface area contributed by atoms with Crippen LogP contribution in [0.5, 0.6) is 5.75 Å². The predicted molar refractivity (Wildman–Crippen MR) is 136 cm³/mol. The summed E-state index contributed by atoms with van der Waals surface area (Å²) in [6, 6.07) is 11.0. The number of aromatic nitrogens is 6. The van der Waals surface area contributed by atoms with Crippen LogP contribution in [0.25, 0.3) is 10.9 Å². The fraction of sp³-hybridized carbons (Fsp3) is 0.192. The van der Waals surface area contributed by atoms with E-state index in [0.29, 0.717) is 28.2 Å². The Balaban J connectivity index is 1.44. The molecule has 0 saturated carbocycles. The number of ether oxygens (including phenoxy) is 1. The van der Waals surface area contributed by atoms with Crippen molar-refractivity contribution >= 4 is 28.6 Å². The van der Waals surface area contributed by atoms with Crippen molar-refractivity contribution in [1.82, 2.24) is 34.8 Å². The minimum atomic E-state index is -0.631. The Kier molecular flexibility index (Phi) is 6.26. The van der Waals surface area contributed by atoms with Gasteiger partial charge >= 0.3 is 0 Å². The molecule has 3 aromatic heterocycles. The van der Waals surface area contributed by atoms with Gasteiger partial charge in [-0.05, 0) is 36.8 Å². The molecular formula is C26H25FN8O2. The minimum Gasteiger partial charge on any atom is -0.494 e. The number of nitrogens with zero attached hydrogens (tertiary/aromatic N) is 6. The summed E-state index contributed by atoms with van der Waals surface area (Å²) in [5.41, 5.74) is 3.13. The van der Waals surface area contributed by atoms with Crippen LogP contribution in [-0.2, 0) is 14.1 Å². The van der Waals surface area contributed by atoms with Gasteiger partial charge in [-0.25, -0.2) is 14.4 Å². The summed E-state index contributed by atoms with van der Waals surface area (Å²) in [5, 5.41) is 15.5. The van der Waals surface area contributed by atoms with Gasteiger partial charge in [-0.3, -0.25) is 14.2 Å². The summed E-state index contributed by atoms with van der Waals surface area (Å²) in [5.74, 6) is 0.392. The molecule has 0 aliphatic carbocycles. The first kappa shape index (κ1) is 23.9. The standard InChI is InChI=1S/C26H25FN8O2/c1-15-9-23(35(3)33-15)31-26-28-12-18-6-5-17(11-21(18)30-26)25(36)32-24(19-13-29-34(2)14-19)16-7-8-22(37-4)20(27)10-16/h5-14,24H,1-4H3,(H,32,36)(H,28,30,31). The zero-order chi connectivity index (χ0) is 26.1. The van der Waals surface area contributed by atoms with Gasteiger partial charge in [0.25, 0.3) is 5.91 Å². The van der Waals surface area contributed by atoms with Crippen LogP contribution >= 0.6 is 0 Å². The van der Waals surface area contributed by atoms with Gasteiger partial charge in [-0.2, -0.15) is 10.2 Å². The first-order valence-electron chi connectivity index (χ1n) is 11.5. The second kappa shape index (κ2) is 9.69. The molecule has 0 bridgehead atoms. The minimum absolute atomic E-state index is 0.125. The molecule has 37 heavy (non-hydrogen) atoms. The quantitative estimate of drug-likeness (QED) is 0.349. The van der Waals surface area contributed by atoms with Gasteiger partial charge in [-0.15, -0.1) is 0 Å². The van der Waals surface area contributed by atoms with Crippen LogP contribution in [0, 0.1) is 12.7 Å². The summed E-state index contributed by atoms with van der Waals surface area (Å²) in [4.78, 5) is 22.3. The van der Waals surface area contributed by atoms with E-state index in [1.54, 1.807) is 59.3 Å². The van der Waals surface area contributed by atoms with Gasteiger partial charge in [0.2, 0.25) is 5.95 Å². The molecule has 2 N–H and O–H groups in total. The fourth-order valence-corrected chi connectivity index (χ4v) is 4.09. The fourth-order valence-electron chi connectivity index (χ4n) is 4.09. The third-order valence-electron chi connectivity index (χ3n) is 5.93. The summed E-state index contributed by atoms with van der Waals surface area (Å²) in [6.07, 6.45) is 5.10. The van der Waals surface area contributed by atoms with E-state index >= 15 is 0 Å². The molecule has 0 radical (unpaired) electrons. The van der Waals surface area contributed by atoms with E-state index in [1.807, 2.05) is 20.0 Å². The molecule has 1 unspecified atom stereocenters. The maximum Gasteiger partial charge on any atom is 0.252 e. The van der Waals surface area contributed by atoms with Crippen molar-refractivity contribution in [3.8, 4) is 5.75 Å². The monoisotopic (exact) mass is 500 g/mol. The lowest BCUT2D eigenvalue weighted by atomic mass is 10.0. The van der Waals surface area contributed by atoms with Crippen molar-refractivity contribution < 1.29 is 13.9 Å². The Morgan fingerprint density at radius 1 is 1.08 bits per heavy atom. The van der Waals surface area contributed by atoms with E-state index in [4.69, 9.17) is 4.74 Å². The molecule has 0 spiro atoms. The molecule has 10 nitrogen and oxygen atoms in total. The Hall–Kier alpha value is -4.80. The van der Waals surface area contributed by atoms with E-state index < -0.39 is 11.9 Å². The third kappa shape index (κ3) is 4.96. The number of amides is 1. The second-order valence-electron chi connectivity index (χ2n) is 8.63. The molecule has 1 amide bonds. The molecule has 1 atom stereocenters. The molecule has 3 heterocycles. The number of benzene rings is 2. The molecule has 188 valence electrons. The molecule has 5 rings (SSSR count). The lowest BCUT2D eigenvalue weighted by molar-refractivity contribution is 0.0943. The van der Waals surface area contributed by atoms with E-state index in [1.165, 1.54) is 19.2 Å². The number of anilines is 2. The number of methoxy groups -OCH3 is 1. The summed E-state index contributed by atoms with van der Waals surface area (Å²) in [7, 11) is 5.01. The van der Waals surface area contributed by atoms with Gasteiger partial charge in [0.15, 0.2) is 11.6 Å². The Morgan fingerprint density at radius 3 is 2.59 bits per heavy atom. The number of hydrogen-bond donors (Lipinski definition) is 2. The Morgan fingerprint density at radius 2 is 1.92 bits per heavy atom. The van der Waals surface area contributed by atoms with Crippen molar-refractivity contribution in [2.45, 2.75) is 13.0 Å². The summed E-state index contributed by atoms with van der Waals surface area (Å²) >= 11 is 0. The zero-order valence-electron chi connectivity index (χ0n) is 20.7. The van der Waals surface area contributed by atoms with Gasteiger partial charge in [-0.1, -0.05) is 12.1 Å². The number of carbonyl (C=O) groups excluding carboxylic acids is 1. The number of aryl methyl sites for hydroxylation is 3.